The van der Waals surface area contributed by atoms with Crippen molar-refractivity contribution in [1.82, 2.24) is 0 Å². The van der Waals surface area contributed by atoms with E-state index in [1.54, 1.807) is 0 Å². The lowest BCUT2D eigenvalue weighted by Crippen LogP contribution is -2.19. The Morgan fingerprint density at radius 1 is 1.30 bits per heavy atom. The maximum atomic E-state index is 4.16. The zero-order valence-electron chi connectivity index (χ0n) is 7.91. The third kappa shape index (κ3) is 3.24. The summed E-state index contributed by atoms with van der Waals surface area (Å²) in [5.74, 6) is 0.803. The molecule has 0 rings (SSSR count). The highest BCUT2D eigenvalue weighted by molar-refractivity contribution is 4.78. The van der Waals surface area contributed by atoms with E-state index >= 15 is 0 Å². The molecule has 1 atom stereocenters. The molecule has 0 aromatic heterocycles. The van der Waals surface area contributed by atoms with E-state index in [0.29, 0.717) is 0 Å². The van der Waals surface area contributed by atoms with Crippen LogP contribution in [0.2, 0.25) is 0 Å². The first-order valence-corrected chi connectivity index (χ1v) is 4.37. The Kier molecular flexibility index (Phi) is 4.00. The highest BCUT2D eigenvalue weighted by Crippen LogP contribution is 2.31. The highest BCUT2D eigenvalue weighted by atomic mass is 14.3. The summed E-state index contributed by atoms with van der Waals surface area (Å²) in [6.07, 6.45) is 3.88. The van der Waals surface area contributed by atoms with Gasteiger partial charge in [-0.1, -0.05) is 47.0 Å². The minimum Gasteiger partial charge on any atom is -0.0654 e. The van der Waals surface area contributed by atoms with E-state index < -0.39 is 0 Å². The van der Waals surface area contributed by atoms with E-state index in [0.717, 1.165) is 5.92 Å². The first-order valence-electron chi connectivity index (χ1n) is 4.37. The summed E-state index contributed by atoms with van der Waals surface area (Å²) in [5.41, 5.74) is 0.269. The van der Waals surface area contributed by atoms with Gasteiger partial charge in [-0.05, 0) is 18.3 Å². The van der Waals surface area contributed by atoms with Crippen molar-refractivity contribution in [3.63, 3.8) is 0 Å². The van der Waals surface area contributed by atoms with Crippen LogP contribution in [0.15, 0.2) is 0 Å². The SMILES string of the molecule is [CH2]C(C)(C)C(CC)CCC. The summed E-state index contributed by atoms with van der Waals surface area (Å²) >= 11 is 0. The number of hydrogen-bond acceptors (Lipinski definition) is 0. The van der Waals surface area contributed by atoms with Crippen LogP contribution in [0.3, 0.4) is 0 Å². The van der Waals surface area contributed by atoms with E-state index in [1.165, 1.54) is 19.3 Å². The maximum Gasteiger partial charge on any atom is -0.0326 e. The Morgan fingerprint density at radius 3 is 1.90 bits per heavy atom. The third-order valence-electron chi connectivity index (χ3n) is 2.24. The smallest absolute Gasteiger partial charge is 0.0326 e. The molecule has 0 aliphatic heterocycles. The van der Waals surface area contributed by atoms with Crippen molar-refractivity contribution in [2.75, 3.05) is 0 Å². The van der Waals surface area contributed by atoms with Gasteiger partial charge in [-0.15, -0.1) is 0 Å². The molecule has 0 saturated heterocycles. The molecule has 0 amide bonds. The molecular formula is C10H21. The van der Waals surface area contributed by atoms with Crippen molar-refractivity contribution in [3.8, 4) is 0 Å². The third-order valence-corrected chi connectivity index (χ3v) is 2.24. The molecule has 0 bridgehead atoms. The van der Waals surface area contributed by atoms with Gasteiger partial charge in [0.05, 0.1) is 0 Å². The van der Waals surface area contributed by atoms with E-state index in [-0.39, 0.29) is 5.41 Å². The van der Waals surface area contributed by atoms with Crippen molar-refractivity contribution in [2.45, 2.75) is 47.0 Å². The maximum absolute atomic E-state index is 4.16. The van der Waals surface area contributed by atoms with Crippen LogP contribution in [0.5, 0.6) is 0 Å². The second kappa shape index (κ2) is 4.00. The minimum atomic E-state index is 0.269. The quantitative estimate of drug-likeness (QED) is 0.560. The average Bonchev–Trinajstić information content (AvgIpc) is 1.80. The monoisotopic (exact) mass is 141 g/mol. The molecule has 0 N–H and O–H groups in total. The van der Waals surface area contributed by atoms with Crippen LogP contribution >= 0.6 is 0 Å². The zero-order chi connectivity index (χ0) is 8.20. The lowest BCUT2D eigenvalue weighted by molar-refractivity contribution is 0.252. The molecule has 61 valence electrons. The molecule has 1 radical (unpaired) electrons. The Hall–Kier alpha value is 0. The predicted octanol–water partition coefficient (Wildman–Crippen LogP) is 3.67. The summed E-state index contributed by atoms with van der Waals surface area (Å²) < 4.78 is 0. The van der Waals surface area contributed by atoms with Gasteiger partial charge < -0.3 is 0 Å². The molecule has 0 aliphatic carbocycles. The van der Waals surface area contributed by atoms with Crippen LogP contribution in [0.1, 0.15) is 47.0 Å². The van der Waals surface area contributed by atoms with Crippen molar-refractivity contribution in [1.29, 1.82) is 0 Å². The van der Waals surface area contributed by atoms with E-state index in [2.05, 4.69) is 34.6 Å². The molecule has 0 spiro atoms. The van der Waals surface area contributed by atoms with Gasteiger partial charge in [-0.2, -0.15) is 0 Å². The van der Waals surface area contributed by atoms with Gasteiger partial charge in [0, 0.05) is 0 Å². The van der Waals surface area contributed by atoms with Crippen LogP contribution in [0.25, 0.3) is 0 Å². The van der Waals surface area contributed by atoms with E-state index in [4.69, 9.17) is 0 Å². The molecule has 0 fully saturated rings. The fourth-order valence-electron chi connectivity index (χ4n) is 1.50. The van der Waals surface area contributed by atoms with Crippen LogP contribution in [0.4, 0.5) is 0 Å². The Morgan fingerprint density at radius 2 is 1.80 bits per heavy atom. The van der Waals surface area contributed by atoms with Gasteiger partial charge in [0.25, 0.3) is 0 Å². The largest absolute Gasteiger partial charge is 0.0654 e. The summed E-state index contributed by atoms with van der Waals surface area (Å²) in [5, 5.41) is 0. The Labute approximate surface area is 66.0 Å². The number of hydrogen-bond donors (Lipinski definition) is 0. The summed E-state index contributed by atoms with van der Waals surface area (Å²) in [6, 6.07) is 0. The molecule has 0 aromatic rings. The second-order valence-corrected chi connectivity index (χ2v) is 3.88. The minimum absolute atomic E-state index is 0.269. The lowest BCUT2D eigenvalue weighted by Gasteiger charge is -2.29. The standard InChI is InChI=1S/C10H21/c1-6-8-9(7-2)10(3,4)5/h9H,3,6-8H2,1-2,4-5H3. The molecule has 0 aromatic carbocycles. The van der Waals surface area contributed by atoms with Crippen molar-refractivity contribution in [3.05, 3.63) is 6.92 Å². The van der Waals surface area contributed by atoms with Gasteiger partial charge in [-0.3, -0.25) is 0 Å². The molecule has 0 nitrogen and oxygen atoms in total. The Balaban J connectivity index is 3.81. The fraction of sp³-hybridized carbons (Fsp3) is 0.900. The average molecular weight is 141 g/mol. The van der Waals surface area contributed by atoms with Gasteiger partial charge in [0.15, 0.2) is 0 Å². The molecular weight excluding hydrogens is 120 g/mol. The first kappa shape index (κ1) is 10.0. The fourth-order valence-corrected chi connectivity index (χ4v) is 1.50. The molecule has 0 heteroatoms. The van der Waals surface area contributed by atoms with Crippen molar-refractivity contribution in [2.24, 2.45) is 11.3 Å². The molecule has 0 heterocycles. The number of rotatable bonds is 4. The van der Waals surface area contributed by atoms with Crippen LogP contribution < -0.4 is 0 Å². The van der Waals surface area contributed by atoms with Crippen LogP contribution in [-0.4, -0.2) is 0 Å². The molecule has 0 aliphatic rings. The van der Waals surface area contributed by atoms with E-state index in [9.17, 15) is 0 Å². The van der Waals surface area contributed by atoms with Gasteiger partial charge in [-0.25, -0.2) is 0 Å². The molecule has 1 unspecified atom stereocenters. The molecule has 10 heavy (non-hydrogen) atoms. The van der Waals surface area contributed by atoms with E-state index in [1.807, 2.05) is 0 Å². The highest BCUT2D eigenvalue weighted by Gasteiger charge is 2.21. The second-order valence-electron chi connectivity index (χ2n) is 3.88. The predicted molar refractivity (Wildman–Crippen MR) is 47.8 cm³/mol. The van der Waals surface area contributed by atoms with Gasteiger partial charge in [0.2, 0.25) is 0 Å². The summed E-state index contributed by atoms with van der Waals surface area (Å²) in [6.45, 7) is 13.1. The topological polar surface area (TPSA) is 0 Å². The summed E-state index contributed by atoms with van der Waals surface area (Å²) in [4.78, 5) is 0. The van der Waals surface area contributed by atoms with Crippen LogP contribution in [0, 0.1) is 18.3 Å². The summed E-state index contributed by atoms with van der Waals surface area (Å²) in [7, 11) is 0. The first-order chi connectivity index (χ1) is 4.52. The normalized spacial score (nSPS) is 15.3. The molecule has 0 saturated carbocycles. The van der Waals surface area contributed by atoms with Crippen LogP contribution in [-0.2, 0) is 0 Å². The van der Waals surface area contributed by atoms with Gasteiger partial charge >= 0.3 is 0 Å². The van der Waals surface area contributed by atoms with Crippen molar-refractivity contribution >= 4 is 0 Å². The zero-order valence-corrected chi connectivity index (χ0v) is 7.91. The van der Waals surface area contributed by atoms with Crippen molar-refractivity contribution < 1.29 is 0 Å². The Bertz CT molecular complexity index is 76.5. The van der Waals surface area contributed by atoms with Gasteiger partial charge in [0.1, 0.15) is 0 Å². The lowest BCUT2D eigenvalue weighted by atomic mass is 9.77.